The van der Waals surface area contributed by atoms with E-state index in [4.69, 9.17) is 4.74 Å². The van der Waals surface area contributed by atoms with Crippen molar-refractivity contribution >= 4 is 17.7 Å². The van der Waals surface area contributed by atoms with Crippen molar-refractivity contribution in [2.45, 2.75) is 77.0 Å². The molecule has 1 spiro atoms. The maximum atomic E-state index is 13.6. The summed E-state index contributed by atoms with van der Waals surface area (Å²) in [6.45, 7) is 9.29. The molecule has 3 aliphatic rings. The molecule has 0 aromatic carbocycles. The van der Waals surface area contributed by atoms with E-state index in [1.165, 1.54) is 0 Å². The maximum absolute atomic E-state index is 13.6. The zero-order valence-electron chi connectivity index (χ0n) is 18.7. The number of ether oxygens (including phenoxy) is 1. The van der Waals surface area contributed by atoms with Crippen molar-refractivity contribution < 1.29 is 24.2 Å². The molecule has 3 heterocycles. The number of carbonyl (C=O) groups excluding carboxylic acids is 3. The van der Waals surface area contributed by atoms with Gasteiger partial charge in [0.2, 0.25) is 17.7 Å². The molecule has 0 aromatic rings. The van der Waals surface area contributed by atoms with Crippen LogP contribution in [-0.4, -0.2) is 71.2 Å². The molecule has 0 aliphatic carbocycles. The lowest BCUT2D eigenvalue weighted by atomic mass is 9.62. The third kappa shape index (κ3) is 3.42. The zero-order chi connectivity index (χ0) is 22.1. The van der Waals surface area contributed by atoms with Gasteiger partial charge in [-0.15, -0.1) is 0 Å². The number of nitrogens with one attached hydrogen (secondary N) is 2. The summed E-state index contributed by atoms with van der Waals surface area (Å²) in [7, 11) is 0. The van der Waals surface area contributed by atoms with Gasteiger partial charge in [-0.1, -0.05) is 27.2 Å². The van der Waals surface area contributed by atoms with E-state index < -0.39 is 29.1 Å². The lowest BCUT2D eigenvalue weighted by Gasteiger charge is -2.36. The quantitative estimate of drug-likeness (QED) is 0.451. The highest BCUT2D eigenvalue weighted by atomic mass is 16.5. The van der Waals surface area contributed by atoms with E-state index in [9.17, 15) is 19.5 Å². The summed E-state index contributed by atoms with van der Waals surface area (Å²) in [4.78, 5) is 41.5. The Morgan fingerprint density at radius 3 is 2.50 bits per heavy atom. The van der Waals surface area contributed by atoms with E-state index in [1.54, 1.807) is 4.90 Å². The van der Waals surface area contributed by atoms with Gasteiger partial charge in [0, 0.05) is 26.2 Å². The number of fused-ring (bicyclic) bond motifs is 1. The minimum atomic E-state index is -0.995. The number of amides is 3. The lowest BCUT2D eigenvalue weighted by molar-refractivity contribution is -0.147. The molecule has 0 radical (unpaired) electrons. The Bertz CT molecular complexity index is 686. The normalized spacial score (nSPS) is 36.8. The van der Waals surface area contributed by atoms with Crippen molar-refractivity contribution in [3.8, 4) is 0 Å². The number of nitrogens with zero attached hydrogens (tertiary/aromatic N) is 1. The Hall–Kier alpha value is -1.67. The van der Waals surface area contributed by atoms with Crippen LogP contribution in [0.1, 0.15) is 59.8 Å². The molecule has 8 heteroatoms. The molecular formula is C22H37N3O5. The fraction of sp³-hybridized carbons (Fsp3) is 0.864. The summed E-state index contributed by atoms with van der Waals surface area (Å²) < 4.78 is 6.57. The summed E-state index contributed by atoms with van der Waals surface area (Å²) in [5.74, 6) is -1.83. The van der Waals surface area contributed by atoms with Gasteiger partial charge in [0.25, 0.3) is 0 Å². The number of hydrogen-bond acceptors (Lipinski definition) is 5. The minimum Gasteiger partial charge on any atom is -0.396 e. The van der Waals surface area contributed by atoms with Crippen molar-refractivity contribution in [1.29, 1.82) is 0 Å². The fourth-order valence-electron chi connectivity index (χ4n) is 5.76. The molecule has 3 N–H and O–H groups in total. The second-order valence-corrected chi connectivity index (χ2v) is 9.25. The number of aliphatic hydroxyl groups excluding tert-OH is 1. The summed E-state index contributed by atoms with van der Waals surface area (Å²) >= 11 is 0. The first-order valence-electron chi connectivity index (χ1n) is 11.4. The van der Waals surface area contributed by atoms with Crippen LogP contribution in [0.4, 0.5) is 0 Å². The van der Waals surface area contributed by atoms with E-state index in [1.807, 2.05) is 20.8 Å². The Morgan fingerprint density at radius 2 is 1.87 bits per heavy atom. The highest BCUT2D eigenvalue weighted by molar-refractivity contribution is 5.99. The van der Waals surface area contributed by atoms with Gasteiger partial charge in [-0.3, -0.25) is 14.4 Å². The van der Waals surface area contributed by atoms with Gasteiger partial charge in [0.1, 0.15) is 11.6 Å². The molecule has 0 aromatic heterocycles. The van der Waals surface area contributed by atoms with Gasteiger partial charge in [0.05, 0.1) is 17.4 Å². The smallest absolute Gasteiger partial charge is 0.245 e. The van der Waals surface area contributed by atoms with Crippen LogP contribution in [0.25, 0.3) is 0 Å². The second-order valence-electron chi connectivity index (χ2n) is 9.25. The van der Waals surface area contributed by atoms with Gasteiger partial charge in [-0.2, -0.15) is 0 Å². The number of carbonyl (C=O) groups is 3. The van der Waals surface area contributed by atoms with Crippen LogP contribution in [0.3, 0.4) is 0 Å². The van der Waals surface area contributed by atoms with Crippen LogP contribution in [-0.2, 0) is 19.1 Å². The number of hydrogen-bond donors (Lipinski definition) is 3. The Balaban J connectivity index is 1.98. The van der Waals surface area contributed by atoms with Gasteiger partial charge < -0.3 is 25.4 Å². The van der Waals surface area contributed by atoms with Gasteiger partial charge in [-0.25, -0.2) is 0 Å². The molecule has 3 rings (SSSR count). The third-order valence-corrected chi connectivity index (χ3v) is 7.28. The Labute approximate surface area is 179 Å². The maximum Gasteiger partial charge on any atom is 0.245 e. The van der Waals surface area contributed by atoms with E-state index in [0.29, 0.717) is 25.9 Å². The molecule has 8 nitrogen and oxygen atoms in total. The van der Waals surface area contributed by atoms with Crippen molar-refractivity contribution in [2.24, 2.45) is 17.8 Å². The minimum absolute atomic E-state index is 0.0441. The summed E-state index contributed by atoms with van der Waals surface area (Å²) in [5.41, 5.74) is -1.77. The second kappa shape index (κ2) is 8.83. The molecule has 3 aliphatic heterocycles. The Morgan fingerprint density at radius 1 is 1.17 bits per heavy atom. The van der Waals surface area contributed by atoms with E-state index >= 15 is 0 Å². The highest BCUT2D eigenvalue weighted by Crippen LogP contribution is 2.65. The lowest BCUT2D eigenvalue weighted by Crippen LogP contribution is -2.56. The molecule has 6 atom stereocenters. The third-order valence-electron chi connectivity index (χ3n) is 7.28. The predicted molar refractivity (Wildman–Crippen MR) is 111 cm³/mol. The number of unbranched alkanes of at least 4 members (excludes halogenated alkanes) is 1. The average molecular weight is 424 g/mol. The number of likely N-dealkylation sites (tertiary alicyclic amines) is 1. The van der Waals surface area contributed by atoms with Crippen molar-refractivity contribution in [3.05, 3.63) is 0 Å². The van der Waals surface area contributed by atoms with E-state index in [-0.39, 0.29) is 36.8 Å². The van der Waals surface area contributed by atoms with Crippen LogP contribution < -0.4 is 10.6 Å². The Kier molecular flexibility index (Phi) is 6.77. The van der Waals surface area contributed by atoms with Gasteiger partial charge in [-0.05, 0) is 38.5 Å². The molecular weight excluding hydrogens is 386 g/mol. The molecule has 3 amide bonds. The molecule has 30 heavy (non-hydrogen) atoms. The molecule has 0 saturated carbocycles. The first-order valence-corrected chi connectivity index (χ1v) is 11.4. The largest absolute Gasteiger partial charge is 0.396 e. The SMILES string of the molecule is CCCCNC(=O)C1N(CCCO)C(=O)[C@@H]2[C@@H](C(=O)NCCC)[C@]3(C)OC12CC3C. The predicted octanol–water partition coefficient (Wildman–Crippen LogP) is 0.822. The first-order chi connectivity index (χ1) is 14.3. The van der Waals surface area contributed by atoms with Crippen molar-refractivity contribution in [3.63, 3.8) is 0 Å². The van der Waals surface area contributed by atoms with Crippen LogP contribution >= 0.6 is 0 Å². The summed E-state index contributed by atoms with van der Waals surface area (Å²) in [6, 6.07) is -0.772. The van der Waals surface area contributed by atoms with E-state index in [2.05, 4.69) is 17.6 Å². The first kappa shape index (κ1) is 23.0. The monoisotopic (exact) mass is 423 g/mol. The highest BCUT2D eigenvalue weighted by Gasteiger charge is 2.79. The topological polar surface area (TPSA) is 108 Å². The van der Waals surface area contributed by atoms with Crippen LogP contribution in [0, 0.1) is 17.8 Å². The number of rotatable bonds is 10. The number of aliphatic hydroxyl groups is 1. The van der Waals surface area contributed by atoms with Gasteiger partial charge in [0.15, 0.2) is 0 Å². The van der Waals surface area contributed by atoms with Crippen LogP contribution in [0.2, 0.25) is 0 Å². The average Bonchev–Trinajstić information content (AvgIpc) is 3.21. The summed E-state index contributed by atoms with van der Waals surface area (Å²) in [6.07, 6.45) is 3.57. The van der Waals surface area contributed by atoms with Crippen LogP contribution in [0.5, 0.6) is 0 Å². The standard InChI is InChI=1S/C22H37N3O5/c1-5-7-10-24-19(28)17-22-13-14(3)21(4,30-22)15(18(27)23-9-6-2)16(22)20(29)25(17)11-8-12-26/h14-17,26H,5-13H2,1-4H3,(H,23,27)(H,24,28)/t14?,15-,16-,17?,21+,22?/m0/s1. The summed E-state index contributed by atoms with van der Waals surface area (Å²) in [5, 5.41) is 15.3. The van der Waals surface area contributed by atoms with Crippen molar-refractivity contribution in [2.75, 3.05) is 26.2 Å². The molecule has 170 valence electrons. The fourth-order valence-corrected chi connectivity index (χ4v) is 5.76. The van der Waals surface area contributed by atoms with Crippen LogP contribution in [0.15, 0.2) is 0 Å². The van der Waals surface area contributed by atoms with Crippen molar-refractivity contribution in [1.82, 2.24) is 15.5 Å². The molecule has 3 unspecified atom stereocenters. The van der Waals surface area contributed by atoms with Gasteiger partial charge >= 0.3 is 0 Å². The molecule has 3 fully saturated rings. The molecule has 2 bridgehead atoms. The van der Waals surface area contributed by atoms with E-state index in [0.717, 1.165) is 19.3 Å². The zero-order valence-corrected chi connectivity index (χ0v) is 18.7. The molecule has 3 saturated heterocycles.